The highest BCUT2D eigenvalue weighted by Gasteiger charge is 2.37. The summed E-state index contributed by atoms with van der Waals surface area (Å²) in [4.78, 5) is 28.0. The zero-order chi connectivity index (χ0) is 19.0. The lowest BCUT2D eigenvalue weighted by atomic mass is 9.78. The number of fused-ring (bicyclic) bond motifs is 2. The second kappa shape index (κ2) is 6.72. The first kappa shape index (κ1) is 17.6. The van der Waals surface area contributed by atoms with Gasteiger partial charge < -0.3 is 10.7 Å². The molecule has 5 N–H and O–H groups in total. The average molecular weight is 383 g/mol. The van der Waals surface area contributed by atoms with E-state index in [2.05, 4.69) is 21.9 Å². The maximum absolute atomic E-state index is 12.6. The standard InChI is InChI=1S/C20H19ClN4O2/c21-15-5-6-16-14(9-15)10-17(23-16)18(26)24-25-19(27)20(22)8-7-12-3-1-2-4-13(12)11-20/h1-6,9-10,23H,7-8,11,22H2,(H,24,26)(H,25,27). The largest absolute Gasteiger partial charge is 0.350 e. The predicted octanol–water partition coefficient (Wildman–Crippen LogP) is 2.47. The number of aryl methyl sites for hydroxylation is 1. The third kappa shape index (κ3) is 3.41. The molecule has 0 saturated carbocycles. The van der Waals surface area contributed by atoms with E-state index < -0.39 is 17.4 Å². The topological polar surface area (TPSA) is 100 Å². The van der Waals surface area contributed by atoms with Crippen molar-refractivity contribution in [2.45, 2.75) is 24.8 Å². The number of carbonyl (C=O) groups is 2. The third-order valence-corrected chi connectivity index (χ3v) is 5.27. The highest BCUT2D eigenvalue weighted by Crippen LogP contribution is 2.27. The first-order chi connectivity index (χ1) is 12.9. The Morgan fingerprint density at radius 3 is 2.67 bits per heavy atom. The molecule has 0 fully saturated rings. The lowest BCUT2D eigenvalue weighted by Crippen LogP contribution is -2.60. The van der Waals surface area contributed by atoms with Crippen molar-refractivity contribution in [2.75, 3.05) is 0 Å². The van der Waals surface area contributed by atoms with Crippen molar-refractivity contribution < 1.29 is 9.59 Å². The van der Waals surface area contributed by atoms with Crippen molar-refractivity contribution in [1.82, 2.24) is 15.8 Å². The number of carbonyl (C=O) groups excluding carboxylic acids is 2. The molecule has 1 unspecified atom stereocenters. The lowest BCUT2D eigenvalue weighted by molar-refractivity contribution is -0.127. The fourth-order valence-electron chi connectivity index (χ4n) is 3.48. The molecule has 1 heterocycles. The maximum atomic E-state index is 12.6. The van der Waals surface area contributed by atoms with Gasteiger partial charge in [-0.15, -0.1) is 0 Å². The van der Waals surface area contributed by atoms with Crippen LogP contribution in [0, 0.1) is 0 Å². The first-order valence-electron chi connectivity index (χ1n) is 8.69. The summed E-state index contributed by atoms with van der Waals surface area (Å²) in [6.45, 7) is 0. The van der Waals surface area contributed by atoms with Crippen LogP contribution >= 0.6 is 11.6 Å². The molecule has 0 radical (unpaired) electrons. The number of hydrogen-bond donors (Lipinski definition) is 4. The van der Waals surface area contributed by atoms with Gasteiger partial charge in [0.1, 0.15) is 11.2 Å². The summed E-state index contributed by atoms with van der Waals surface area (Å²) in [5.74, 6) is -0.847. The van der Waals surface area contributed by atoms with Gasteiger partial charge in [-0.1, -0.05) is 35.9 Å². The molecule has 6 nitrogen and oxygen atoms in total. The molecule has 0 aliphatic heterocycles. The van der Waals surface area contributed by atoms with E-state index in [0.717, 1.165) is 22.9 Å². The highest BCUT2D eigenvalue weighted by molar-refractivity contribution is 6.31. The zero-order valence-corrected chi connectivity index (χ0v) is 15.3. The molecule has 0 saturated heterocycles. The van der Waals surface area contributed by atoms with Crippen LogP contribution in [-0.4, -0.2) is 22.3 Å². The van der Waals surface area contributed by atoms with Gasteiger partial charge in [0.2, 0.25) is 0 Å². The summed E-state index contributed by atoms with van der Waals surface area (Å²) < 4.78 is 0. The van der Waals surface area contributed by atoms with Gasteiger partial charge in [0.15, 0.2) is 0 Å². The first-order valence-corrected chi connectivity index (χ1v) is 9.07. The molecule has 0 spiro atoms. The Hall–Kier alpha value is -2.83. The third-order valence-electron chi connectivity index (χ3n) is 5.03. The molecule has 0 bridgehead atoms. The Kier molecular flexibility index (Phi) is 4.37. The van der Waals surface area contributed by atoms with E-state index in [1.54, 1.807) is 24.3 Å². The molecule has 1 atom stereocenters. The molecule has 1 aliphatic rings. The number of aromatic nitrogens is 1. The normalized spacial score (nSPS) is 18.7. The summed E-state index contributed by atoms with van der Waals surface area (Å²) in [6, 6.07) is 14.9. The fourth-order valence-corrected chi connectivity index (χ4v) is 3.67. The van der Waals surface area contributed by atoms with Gasteiger partial charge in [0.25, 0.3) is 11.8 Å². The number of H-pyrrole nitrogens is 1. The Labute approximate surface area is 161 Å². The molecule has 27 heavy (non-hydrogen) atoms. The van der Waals surface area contributed by atoms with Crippen LogP contribution in [0.2, 0.25) is 5.02 Å². The van der Waals surface area contributed by atoms with E-state index in [1.807, 2.05) is 18.2 Å². The average Bonchev–Trinajstić information content (AvgIpc) is 3.09. The van der Waals surface area contributed by atoms with E-state index in [0.29, 0.717) is 23.6 Å². The van der Waals surface area contributed by atoms with Gasteiger partial charge in [-0.3, -0.25) is 20.4 Å². The van der Waals surface area contributed by atoms with Gasteiger partial charge in [-0.05, 0) is 54.7 Å². The maximum Gasteiger partial charge on any atom is 0.286 e. The molecule has 1 aromatic heterocycles. The Bertz CT molecular complexity index is 1050. The molecule has 1 aliphatic carbocycles. The predicted molar refractivity (Wildman–Crippen MR) is 104 cm³/mol. The van der Waals surface area contributed by atoms with Gasteiger partial charge in [0, 0.05) is 15.9 Å². The van der Waals surface area contributed by atoms with Crippen LogP contribution in [0.4, 0.5) is 0 Å². The Morgan fingerprint density at radius 2 is 1.85 bits per heavy atom. The number of amides is 2. The van der Waals surface area contributed by atoms with Crippen molar-refractivity contribution in [3.05, 3.63) is 70.4 Å². The molecule has 3 aromatic rings. The number of rotatable bonds is 2. The summed E-state index contributed by atoms with van der Waals surface area (Å²) >= 11 is 5.96. The Morgan fingerprint density at radius 1 is 1.07 bits per heavy atom. The van der Waals surface area contributed by atoms with Gasteiger partial charge in [-0.2, -0.15) is 0 Å². The molecule has 138 valence electrons. The summed E-state index contributed by atoms with van der Waals surface area (Å²) in [7, 11) is 0. The summed E-state index contributed by atoms with van der Waals surface area (Å²) in [5.41, 5.74) is 13.6. The summed E-state index contributed by atoms with van der Waals surface area (Å²) in [6.07, 6.45) is 1.70. The molecule has 7 heteroatoms. The van der Waals surface area contributed by atoms with Crippen LogP contribution in [0.15, 0.2) is 48.5 Å². The van der Waals surface area contributed by atoms with E-state index in [9.17, 15) is 9.59 Å². The molecule has 4 rings (SSSR count). The minimum atomic E-state index is -1.05. The monoisotopic (exact) mass is 382 g/mol. The number of benzene rings is 2. The van der Waals surface area contributed by atoms with E-state index in [4.69, 9.17) is 17.3 Å². The van der Waals surface area contributed by atoms with E-state index in [-0.39, 0.29) is 0 Å². The minimum Gasteiger partial charge on any atom is -0.350 e. The van der Waals surface area contributed by atoms with Crippen LogP contribution in [-0.2, 0) is 17.6 Å². The quantitative estimate of drug-likeness (QED) is 0.512. The van der Waals surface area contributed by atoms with Crippen molar-refractivity contribution in [1.29, 1.82) is 0 Å². The smallest absolute Gasteiger partial charge is 0.286 e. The van der Waals surface area contributed by atoms with Crippen LogP contribution in [0.5, 0.6) is 0 Å². The van der Waals surface area contributed by atoms with Crippen molar-refractivity contribution in [3.63, 3.8) is 0 Å². The summed E-state index contributed by atoms with van der Waals surface area (Å²) in [5, 5.41) is 1.41. The van der Waals surface area contributed by atoms with E-state index >= 15 is 0 Å². The fraction of sp³-hybridized carbons (Fsp3) is 0.200. The minimum absolute atomic E-state index is 0.327. The van der Waals surface area contributed by atoms with E-state index in [1.165, 1.54) is 5.56 Å². The molecule has 2 aromatic carbocycles. The second-order valence-corrected chi connectivity index (χ2v) is 7.36. The van der Waals surface area contributed by atoms with Gasteiger partial charge in [0.05, 0.1) is 0 Å². The van der Waals surface area contributed by atoms with Crippen molar-refractivity contribution in [2.24, 2.45) is 5.73 Å². The zero-order valence-electron chi connectivity index (χ0n) is 14.5. The highest BCUT2D eigenvalue weighted by atomic mass is 35.5. The van der Waals surface area contributed by atoms with Crippen LogP contribution in [0.1, 0.15) is 28.0 Å². The number of hydrogen-bond acceptors (Lipinski definition) is 3. The number of nitrogens with two attached hydrogens (primary N) is 1. The Balaban J connectivity index is 1.43. The molecular formula is C20H19ClN4O2. The number of aromatic amines is 1. The van der Waals surface area contributed by atoms with Crippen LogP contribution in [0.3, 0.4) is 0 Å². The number of hydrazine groups is 1. The van der Waals surface area contributed by atoms with Crippen molar-refractivity contribution >= 4 is 34.3 Å². The number of nitrogens with one attached hydrogen (secondary N) is 3. The number of halogens is 1. The van der Waals surface area contributed by atoms with Crippen molar-refractivity contribution in [3.8, 4) is 0 Å². The second-order valence-electron chi connectivity index (χ2n) is 6.92. The SMILES string of the molecule is NC1(C(=O)NNC(=O)c2cc3cc(Cl)ccc3[nH]2)CCc2ccccc2C1. The molecular weight excluding hydrogens is 364 g/mol. The lowest BCUT2D eigenvalue weighted by Gasteiger charge is -2.33. The molecule has 2 amide bonds. The van der Waals surface area contributed by atoms with Gasteiger partial charge >= 0.3 is 0 Å². The van der Waals surface area contributed by atoms with Gasteiger partial charge in [-0.25, -0.2) is 0 Å². The van der Waals surface area contributed by atoms with Crippen LogP contribution in [0.25, 0.3) is 10.9 Å². The van der Waals surface area contributed by atoms with Crippen LogP contribution < -0.4 is 16.6 Å².